The molecule has 5 fully saturated rings. The lowest BCUT2D eigenvalue weighted by atomic mass is 9.44. The van der Waals surface area contributed by atoms with E-state index >= 15 is 0 Å². The van der Waals surface area contributed by atoms with Crippen LogP contribution in [0.15, 0.2) is 0 Å². The Morgan fingerprint density at radius 3 is 2.47 bits per heavy atom. The Labute approximate surface area is 227 Å². The van der Waals surface area contributed by atoms with Crippen LogP contribution < -0.4 is 5.32 Å². The van der Waals surface area contributed by atoms with Crippen molar-refractivity contribution in [2.24, 2.45) is 45.8 Å². The highest BCUT2D eigenvalue weighted by Gasteiger charge is 2.68. The maximum atomic E-state index is 14.3. The van der Waals surface area contributed by atoms with Crippen LogP contribution in [0.4, 0.5) is 4.79 Å². The van der Waals surface area contributed by atoms with Crippen LogP contribution in [0.3, 0.4) is 0 Å². The normalized spacial score (nSPS) is 47.8. The highest BCUT2D eigenvalue weighted by Crippen LogP contribution is 2.68. The molecule has 2 aliphatic heterocycles. The fraction of sp³-hybridized carbons (Fsp3) is 0.900. The Morgan fingerprint density at radius 2 is 1.84 bits per heavy atom. The van der Waals surface area contributed by atoms with Crippen molar-refractivity contribution in [2.75, 3.05) is 40.0 Å². The van der Waals surface area contributed by atoms with Gasteiger partial charge >= 0.3 is 6.09 Å². The van der Waals surface area contributed by atoms with Gasteiger partial charge < -0.3 is 19.1 Å². The molecule has 0 aromatic carbocycles. The summed E-state index contributed by atoms with van der Waals surface area (Å²) in [4.78, 5) is 43.0. The maximum Gasteiger partial charge on any atom is 0.414 e. The number of Topliss-reactive ketones (excluding diaryl/α,β-unsaturated/α-hetero) is 1. The van der Waals surface area contributed by atoms with Gasteiger partial charge in [-0.1, -0.05) is 27.7 Å². The van der Waals surface area contributed by atoms with Gasteiger partial charge in [0.1, 0.15) is 11.9 Å². The zero-order chi connectivity index (χ0) is 27.5. The van der Waals surface area contributed by atoms with Crippen LogP contribution in [-0.4, -0.2) is 74.8 Å². The summed E-state index contributed by atoms with van der Waals surface area (Å²) in [7, 11) is 1.77. The van der Waals surface area contributed by atoms with Gasteiger partial charge in [0.25, 0.3) is 0 Å². The lowest BCUT2D eigenvalue weighted by molar-refractivity contribution is -0.195. The molecule has 0 spiro atoms. The SMILES string of the molecule is CCOC[C@]1(C)C[C@@H](OC(=O)NC(=O)[C@H]2CN3CC[C@@H]2C3)[C@@]2(C)C3C(OC)CCC3(CC[C@H]2C)[C@@H](C)C1=O. The molecule has 3 aliphatic carbocycles. The summed E-state index contributed by atoms with van der Waals surface area (Å²) in [5.41, 5.74) is -1.39. The first-order valence-electron chi connectivity index (χ1n) is 14.9. The number of rotatable bonds is 6. The summed E-state index contributed by atoms with van der Waals surface area (Å²) in [5.74, 6) is 0.339. The highest BCUT2D eigenvalue weighted by molar-refractivity contribution is 5.93. The average Bonchev–Trinajstić information content (AvgIpc) is 3.63. The second-order valence-electron chi connectivity index (χ2n) is 13.6. The minimum Gasteiger partial charge on any atom is -0.445 e. The van der Waals surface area contributed by atoms with Crippen molar-refractivity contribution >= 4 is 17.8 Å². The van der Waals surface area contributed by atoms with Crippen molar-refractivity contribution in [2.45, 2.75) is 85.4 Å². The number of ketones is 1. The van der Waals surface area contributed by atoms with Crippen molar-refractivity contribution in [3.8, 4) is 0 Å². The van der Waals surface area contributed by atoms with E-state index in [1.807, 2.05) is 13.8 Å². The van der Waals surface area contributed by atoms with Gasteiger partial charge in [-0.05, 0) is 69.2 Å². The van der Waals surface area contributed by atoms with Gasteiger partial charge in [0.15, 0.2) is 0 Å². The molecule has 4 unspecified atom stereocenters. The number of imide groups is 1. The zero-order valence-electron chi connectivity index (χ0n) is 24.2. The molecule has 1 N–H and O–H groups in total. The quantitative estimate of drug-likeness (QED) is 0.551. The molecule has 8 heteroatoms. The van der Waals surface area contributed by atoms with E-state index in [0.29, 0.717) is 32.1 Å². The molecule has 214 valence electrons. The number of ether oxygens (including phenoxy) is 3. The molecule has 2 saturated heterocycles. The van der Waals surface area contributed by atoms with Gasteiger partial charge in [-0.15, -0.1) is 0 Å². The molecule has 11 atom stereocenters. The van der Waals surface area contributed by atoms with Crippen LogP contribution in [0.2, 0.25) is 0 Å². The zero-order valence-corrected chi connectivity index (χ0v) is 24.2. The first kappa shape index (κ1) is 28.0. The van der Waals surface area contributed by atoms with Crippen LogP contribution in [0.5, 0.6) is 0 Å². The fourth-order valence-electron chi connectivity index (χ4n) is 9.55. The van der Waals surface area contributed by atoms with Gasteiger partial charge in [0.05, 0.1) is 24.0 Å². The molecule has 2 heterocycles. The van der Waals surface area contributed by atoms with Crippen molar-refractivity contribution in [1.29, 1.82) is 0 Å². The third-order valence-corrected chi connectivity index (χ3v) is 11.9. The predicted molar refractivity (Wildman–Crippen MR) is 142 cm³/mol. The minimum atomic E-state index is -0.788. The third-order valence-electron chi connectivity index (χ3n) is 11.9. The number of methoxy groups -OCH3 is 1. The molecule has 5 rings (SSSR count). The number of nitrogens with one attached hydrogen (secondary N) is 1. The van der Waals surface area contributed by atoms with E-state index in [4.69, 9.17) is 14.2 Å². The largest absolute Gasteiger partial charge is 0.445 e. The fourth-order valence-corrected chi connectivity index (χ4v) is 9.55. The Morgan fingerprint density at radius 1 is 1.11 bits per heavy atom. The Balaban J connectivity index is 1.48. The average molecular weight is 533 g/mol. The van der Waals surface area contributed by atoms with Crippen molar-refractivity contribution in [3.63, 3.8) is 0 Å². The maximum absolute atomic E-state index is 14.3. The van der Waals surface area contributed by atoms with Gasteiger partial charge in [-0.3, -0.25) is 14.9 Å². The van der Waals surface area contributed by atoms with Crippen LogP contribution >= 0.6 is 0 Å². The molecular formula is C30H48N2O6. The lowest BCUT2D eigenvalue weighted by Crippen LogP contribution is -2.64. The molecule has 0 radical (unpaired) electrons. The molecule has 0 aromatic rings. The molecule has 4 bridgehead atoms. The smallest absolute Gasteiger partial charge is 0.414 e. The summed E-state index contributed by atoms with van der Waals surface area (Å²) < 4.78 is 18.3. The molecule has 3 saturated carbocycles. The Kier molecular flexibility index (Phi) is 7.49. The monoisotopic (exact) mass is 532 g/mol. The number of piperidine rings is 1. The predicted octanol–water partition coefficient (Wildman–Crippen LogP) is 4.06. The van der Waals surface area contributed by atoms with E-state index in [0.717, 1.165) is 45.2 Å². The van der Waals surface area contributed by atoms with Crippen molar-refractivity contribution in [1.82, 2.24) is 10.2 Å². The number of alkyl carbamates (subject to hydrolysis) is 1. The topological polar surface area (TPSA) is 94.2 Å². The third kappa shape index (κ3) is 4.24. The first-order chi connectivity index (χ1) is 18.0. The van der Waals surface area contributed by atoms with Gasteiger partial charge in [-0.25, -0.2) is 4.79 Å². The standard InChI is InChI=1S/C30H48N2O6/c1-7-37-17-28(4)14-23(38-27(35)31-26(34)21-16-32-13-10-20(21)15-32)29(5)18(2)8-11-30(19(3)25(28)33)12-9-22(36-6)24(29)30/h18-24H,7-17H2,1-6H3,(H,31,34,35)/t18-,19+,20-,21+,22?,23-,24?,28+,29+,30?/m1/s1. The van der Waals surface area contributed by atoms with Crippen LogP contribution in [-0.2, 0) is 23.8 Å². The Hall–Kier alpha value is -1.51. The molecule has 38 heavy (non-hydrogen) atoms. The number of hydrogen-bond acceptors (Lipinski definition) is 7. The van der Waals surface area contributed by atoms with E-state index in [9.17, 15) is 14.4 Å². The summed E-state index contributed by atoms with van der Waals surface area (Å²) in [6.07, 6.45) is 3.95. The summed E-state index contributed by atoms with van der Waals surface area (Å²) in [5, 5.41) is 2.60. The van der Waals surface area contributed by atoms with Crippen molar-refractivity contribution in [3.05, 3.63) is 0 Å². The molecule has 5 aliphatic rings. The number of nitrogens with zero attached hydrogens (tertiary/aromatic N) is 1. The lowest BCUT2D eigenvalue weighted by Gasteiger charge is -2.61. The number of amides is 2. The first-order valence-corrected chi connectivity index (χ1v) is 14.9. The Bertz CT molecular complexity index is 957. The number of carbonyl (C=O) groups is 3. The van der Waals surface area contributed by atoms with Crippen LogP contribution in [0.25, 0.3) is 0 Å². The van der Waals surface area contributed by atoms with E-state index in [2.05, 4.69) is 31.0 Å². The van der Waals surface area contributed by atoms with Crippen LogP contribution in [0.1, 0.15) is 73.1 Å². The second kappa shape index (κ2) is 10.2. The molecule has 2 amide bonds. The number of fused-ring (bicyclic) bond motifs is 2. The second-order valence-corrected chi connectivity index (χ2v) is 13.6. The summed E-state index contributed by atoms with van der Waals surface area (Å²) in [6, 6.07) is 0. The number of hydrogen-bond donors (Lipinski definition) is 1. The summed E-state index contributed by atoms with van der Waals surface area (Å²) in [6.45, 7) is 14.0. The van der Waals surface area contributed by atoms with Gasteiger partial charge in [0, 0.05) is 44.1 Å². The summed E-state index contributed by atoms with van der Waals surface area (Å²) >= 11 is 0. The molecule has 8 nitrogen and oxygen atoms in total. The van der Waals surface area contributed by atoms with E-state index in [-0.39, 0.29) is 46.9 Å². The minimum absolute atomic E-state index is 0.00753. The molecular weight excluding hydrogens is 484 g/mol. The number of carbonyl (C=O) groups excluding carboxylic acids is 3. The van der Waals surface area contributed by atoms with Gasteiger partial charge in [-0.2, -0.15) is 0 Å². The van der Waals surface area contributed by atoms with Crippen LogP contribution in [0, 0.1) is 45.8 Å². The van der Waals surface area contributed by atoms with E-state index in [1.165, 1.54) is 0 Å². The molecule has 0 aromatic heterocycles. The van der Waals surface area contributed by atoms with E-state index in [1.54, 1.807) is 7.11 Å². The highest BCUT2D eigenvalue weighted by atomic mass is 16.6. The van der Waals surface area contributed by atoms with Crippen molar-refractivity contribution < 1.29 is 28.6 Å². The van der Waals surface area contributed by atoms with E-state index < -0.39 is 23.0 Å². The van der Waals surface area contributed by atoms with Gasteiger partial charge in [0.2, 0.25) is 5.91 Å².